The van der Waals surface area contributed by atoms with Crippen molar-refractivity contribution in [3.8, 4) is 0 Å². The van der Waals surface area contributed by atoms with E-state index in [1.54, 1.807) is 6.92 Å². The maximum Gasteiger partial charge on any atom is 0.355 e. The molecule has 0 saturated carbocycles. The third-order valence-corrected chi connectivity index (χ3v) is 6.19. The van der Waals surface area contributed by atoms with Gasteiger partial charge in [0.15, 0.2) is 0 Å². The van der Waals surface area contributed by atoms with Crippen molar-refractivity contribution in [3.63, 3.8) is 0 Å². The molecule has 0 aliphatic heterocycles. The average Bonchev–Trinajstić information content (AvgIpc) is 3.13. The van der Waals surface area contributed by atoms with Crippen LogP contribution in [-0.2, 0) is 11.3 Å². The average molecular weight is 467 g/mol. The first-order valence-electron chi connectivity index (χ1n) is 11.8. The minimum atomic E-state index is -0.425. The fraction of sp³-hybridized carbons (Fsp3) is 0.200. The van der Waals surface area contributed by atoms with Gasteiger partial charge in [-0.1, -0.05) is 91.0 Å². The first-order valence-corrected chi connectivity index (χ1v) is 11.8. The van der Waals surface area contributed by atoms with Crippen molar-refractivity contribution in [2.45, 2.75) is 33.4 Å². The lowest BCUT2D eigenvalue weighted by Gasteiger charge is -2.20. The minimum Gasteiger partial charge on any atom is -0.461 e. The minimum absolute atomic E-state index is 0.227. The van der Waals surface area contributed by atoms with E-state index in [0.717, 1.165) is 22.4 Å². The first-order chi connectivity index (χ1) is 17.0. The van der Waals surface area contributed by atoms with Crippen LogP contribution in [0.4, 0.5) is 0 Å². The molecule has 0 radical (unpaired) electrons. The fourth-order valence-corrected chi connectivity index (χ4v) is 4.51. The topological polar surface area (TPSA) is 60.3 Å². The van der Waals surface area contributed by atoms with Gasteiger partial charge in [0.2, 0.25) is 0 Å². The number of amides is 1. The van der Waals surface area contributed by atoms with Crippen LogP contribution < -0.4 is 5.32 Å². The summed E-state index contributed by atoms with van der Waals surface area (Å²) in [6.45, 7) is 6.21. The molecule has 0 spiro atoms. The molecule has 1 amide bonds. The highest BCUT2D eigenvalue weighted by Gasteiger charge is 2.29. The summed E-state index contributed by atoms with van der Waals surface area (Å²) in [5.41, 5.74) is 5.26. The summed E-state index contributed by atoms with van der Waals surface area (Å²) in [6.07, 6.45) is 0. The fourth-order valence-electron chi connectivity index (χ4n) is 4.51. The van der Waals surface area contributed by atoms with E-state index in [1.807, 2.05) is 109 Å². The predicted molar refractivity (Wildman–Crippen MR) is 138 cm³/mol. The Morgan fingerprint density at radius 2 is 1.34 bits per heavy atom. The smallest absolute Gasteiger partial charge is 0.355 e. The lowest BCUT2D eigenvalue weighted by molar-refractivity contribution is 0.0513. The summed E-state index contributed by atoms with van der Waals surface area (Å²) >= 11 is 0. The molecule has 0 aliphatic carbocycles. The summed E-state index contributed by atoms with van der Waals surface area (Å²) in [7, 11) is 0. The van der Waals surface area contributed by atoms with Gasteiger partial charge in [0, 0.05) is 12.2 Å². The maximum absolute atomic E-state index is 13.8. The second-order valence-electron chi connectivity index (χ2n) is 8.45. The summed E-state index contributed by atoms with van der Waals surface area (Å²) in [4.78, 5) is 26.7. The van der Waals surface area contributed by atoms with E-state index >= 15 is 0 Å². The highest BCUT2D eigenvalue weighted by Crippen LogP contribution is 2.27. The Kier molecular flexibility index (Phi) is 7.46. The van der Waals surface area contributed by atoms with Gasteiger partial charge in [0.05, 0.1) is 18.2 Å². The molecule has 5 heteroatoms. The van der Waals surface area contributed by atoms with Crippen LogP contribution in [0.3, 0.4) is 0 Å². The standard InChI is InChI=1S/C30H30N2O3/c1-4-35-30(34)28-21(2)26(22(3)32(28)20-23-14-8-5-9-15-23)29(33)31-27(24-16-10-6-11-17-24)25-18-12-7-13-19-25/h5-19,27H,4,20H2,1-3H3,(H,31,33). The summed E-state index contributed by atoms with van der Waals surface area (Å²) in [5.74, 6) is -0.652. The van der Waals surface area contributed by atoms with Crippen molar-refractivity contribution in [3.05, 3.63) is 130 Å². The van der Waals surface area contributed by atoms with Gasteiger partial charge < -0.3 is 14.6 Å². The molecule has 0 unspecified atom stereocenters. The van der Waals surface area contributed by atoms with Gasteiger partial charge in [0.25, 0.3) is 5.91 Å². The Morgan fingerprint density at radius 3 is 1.86 bits per heavy atom. The van der Waals surface area contributed by atoms with Crippen LogP contribution in [0.5, 0.6) is 0 Å². The number of esters is 1. The largest absolute Gasteiger partial charge is 0.461 e. The van der Waals surface area contributed by atoms with Gasteiger partial charge >= 0.3 is 5.97 Å². The van der Waals surface area contributed by atoms with E-state index in [4.69, 9.17) is 4.74 Å². The Morgan fingerprint density at radius 1 is 0.829 bits per heavy atom. The van der Waals surface area contributed by atoms with Crippen molar-refractivity contribution in [1.82, 2.24) is 9.88 Å². The van der Waals surface area contributed by atoms with Crippen LogP contribution in [0.15, 0.2) is 91.0 Å². The molecule has 0 fully saturated rings. The molecular weight excluding hydrogens is 436 g/mol. The summed E-state index contributed by atoms with van der Waals surface area (Å²) < 4.78 is 7.25. The zero-order chi connectivity index (χ0) is 24.8. The van der Waals surface area contributed by atoms with Crippen LogP contribution in [0.2, 0.25) is 0 Å². The van der Waals surface area contributed by atoms with Gasteiger partial charge in [-0.05, 0) is 43.0 Å². The highest BCUT2D eigenvalue weighted by atomic mass is 16.5. The number of rotatable bonds is 8. The van der Waals surface area contributed by atoms with Crippen molar-refractivity contribution < 1.29 is 14.3 Å². The predicted octanol–water partition coefficient (Wildman–Crippen LogP) is 5.85. The SMILES string of the molecule is CCOC(=O)c1c(C)c(C(=O)NC(c2ccccc2)c2ccccc2)c(C)n1Cc1ccccc1. The van der Waals surface area contributed by atoms with Crippen LogP contribution in [0.25, 0.3) is 0 Å². The lowest BCUT2D eigenvalue weighted by atomic mass is 9.98. The van der Waals surface area contributed by atoms with Crippen molar-refractivity contribution in [1.29, 1.82) is 0 Å². The number of nitrogens with one attached hydrogen (secondary N) is 1. The number of carbonyl (C=O) groups excluding carboxylic acids is 2. The third kappa shape index (κ3) is 5.19. The number of aromatic nitrogens is 1. The number of benzene rings is 3. The first kappa shape index (κ1) is 24.0. The van der Waals surface area contributed by atoms with E-state index in [-0.39, 0.29) is 18.6 Å². The number of nitrogens with zero attached hydrogens (tertiary/aromatic N) is 1. The van der Waals surface area contributed by atoms with Crippen LogP contribution in [0.1, 0.15) is 61.8 Å². The molecule has 0 atom stereocenters. The molecular formula is C30H30N2O3. The van der Waals surface area contributed by atoms with Gasteiger partial charge in [-0.15, -0.1) is 0 Å². The van der Waals surface area contributed by atoms with E-state index in [9.17, 15) is 9.59 Å². The van der Waals surface area contributed by atoms with E-state index in [2.05, 4.69) is 5.32 Å². The molecule has 3 aromatic carbocycles. The molecule has 1 N–H and O–H groups in total. The second kappa shape index (κ2) is 10.9. The molecule has 0 saturated heterocycles. The second-order valence-corrected chi connectivity index (χ2v) is 8.45. The molecule has 0 aliphatic rings. The van der Waals surface area contributed by atoms with Crippen molar-refractivity contribution >= 4 is 11.9 Å². The van der Waals surface area contributed by atoms with Crippen molar-refractivity contribution in [2.75, 3.05) is 6.61 Å². The van der Waals surface area contributed by atoms with Gasteiger partial charge in [-0.25, -0.2) is 4.79 Å². The maximum atomic E-state index is 13.8. The molecule has 4 aromatic rings. The van der Waals surface area contributed by atoms with E-state index in [0.29, 0.717) is 23.4 Å². The highest BCUT2D eigenvalue weighted by molar-refractivity contribution is 6.01. The Bertz CT molecular complexity index is 1260. The Hall–Kier alpha value is -4.12. The van der Waals surface area contributed by atoms with Crippen molar-refractivity contribution in [2.24, 2.45) is 0 Å². The van der Waals surface area contributed by atoms with E-state index < -0.39 is 5.97 Å². The number of hydrogen-bond acceptors (Lipinski definition) is 3. The lowest BCUT2D eigenvalue weighted by Crippen LogP contribution is -2.30. The Labute approximate surface area is 206 Å². The number of ether oxygens (including phenoxy) is 1. The monoisotopic (exact) mass is 466 g/mol. The van der Waals surface area contributed by atoms with Crippen LogP contribution in [0, 0.1) is 13.8 Å². The zero-order valence-corrected chi connectivity index (χ0v) is 20.3. The summed E-state index contributed by atoms with van der Waals surface area (Å²) in [6, 6.07) is 29.3. The third-order valence-electron chi connectivity index (χ3n) is 6.19. The molecule has 1 heterocycles. The molecule has 0 bridgehead atoms. The van der Waals surface area contributed by atoms with Gasteiger partial charge in [-0.3, -0.25) is 4.79 Å². The van der Waals surface area contributed by atoms with Crippen LogP contribution >= 0.6 is 0 Å². The molecule has 4 rings (SSSR count). The Balaban J connectivity index is 1.76. The van der Waals surface area contributed by atoms with Gasteiger partial charge in [-0.2, -0.15) is 0 Å². The molecule has 35 heavy (non-hydrogen) atoms. The van der Waals surface area contributed by atoms with E-state index in [1.165, 1.54) is 0 Å². The summed E-state index contributed by atoms with van der Waals surface area (Å²) in [5, 5.41) is 3.22. The van der Waals surface area contributed by atoms with Crippen LogP contribution in [-0.4, -0.2) is 23.1 Å². The zero-order valence-electron chi connectivity index (χ0n) is 20.3. The molecule has 178 valence electrons. The normalized spacial score (nSPS) is 10.9. The molecule has 5 nitrogen and oxygen atoms in total. The van der Waals surface area contributed by atoms with Gasteiger partial charge in [0.1, 0.15) is 5.69 Å². The number of carbonyl (C=O) groups is 2. The quantitative estimate of drug-likeness (QED) is 0.332. The molecule has 1 aromatic heterocycles. The number of hydrogen-bond donors (Lipinski definition) is 1.